The highest BCUT2D eigenvalue weighted by Crippen LogP contribution is 2.34. The number of benzene rings is 2. The SMILES string of the molecule is CCN[C@@H]1CCN(c2ccc(Nc3ncc(Cl)c(Nc4ccccc4S(=O)(=O)N(C)C)n3)c(OCC)c2)C1. The molecule has 2 aromatic carbocycles. The predicted octanol–water partition coefficient (Wildman–Crippen LogP) is 4.45. The van der Waals surface area contributed by atoms with Crippen LogP contribution in [0.2, 0.25) is 5.02 Å². The Kier molecular flexibility index (Phi) is 8.93. The van der Waals surface area contributed by atoms with Crippen LogP contribution in [0.3, 0.4) is 0 Å². The molecule has 0 radical (unpaired) electrons. The van der Waals surface area contributed by atoms with E-state index in [2.05, 4.69) is 43.8 Å². The lowest BCUT2D eigenvalue weighted by Gasteiger charge is -2.21. The number of hydrogen-bond acceptors (Lipinski definition) is 9. The average Bonchev–Trinajstić information content (AvgIpc) is 3.36. The maximum absolute atomic E-state index is 12.8. The van der Waals surface area contributed by atoms with Gasteiger partial charge in [0.2, 0.25) is 16.0 Å². The Labute approximate surface area is 229 Å². The lowest BCUT2D eigenvalue weighted by Crippen LogP contribution is -2.32. The van der Waals surface area contributed by atoms with Gasteiger partial charge in [0, 0.05) is 45.0 Å². The van der Waals surface area contributed by atoms with Crippen molar-refractivity contribution in [2.75, 3.05) is 55.9 Å². The number of likely N-dealkylation sites (N-methyl/N-ethyl adjacent to an activating group) is 1. The quantitative estimate of drug-likeness (QED) is 0.313. The first-order valence-corrected chi connectivity index (χ1v) is 14.4. The van der Waals surface area contributed by atoms with Crippen LogP contribution in [-0.2, 0) is 10.0 Å². The van der Waals surface area contributed by atoms with Crippen molar-refractivity contribution in [2.24, 2.45) is 0 Å². The number of nitrogens with zero attached hydrogens (tertiary/aromatic N) is 4. The minimum absolute atomic E-state index is 0.113. The summed E-state index contributed by atoms with van der Waals surface area (Å²) in [5.41, 5.74) is 2.16. The van der Waals surface area contributed by atoms with Gasteiger partial charge >= 0.3 is 0 Å². The fraction of sp³-hybridized carbons (Fsp3) is 0.385. The Morgan fingerprint density at radius 3 is 2.66 bits per heavy atom. The summed E-state index contributed by atoms with van der Waals surface area (Å²) in [6.07, 6.45) is 2.56. The number of rotatable bonds is 11. The number of nitrogens with one attached hydrogen (secondary N) is 3. The number of ether oxygens (including phenoxy) is 1. The molecule has 1 saturated heterocycles. The molecule has 1 aliphatic heterocycles. The average molecular weight is 560 g/mol. The lowest BCUT2D eigenvalue weighted by atomic mass is 10.2. The summed E-state index contributed by atoms with van der Waals surface area (Å²) in [5.74, 6) is 1.24. The van der Waals surface area contributed by atoms with E-state index in [1.807, 2.05) is 19.1 Å². The summed E-state index contributed by atoms with van der Waals surface area (Å²) in [4.78, 5) is 11.3. The Morgan fingerprint density at radius 2 is 1.92 bits per heavy atom. The van der Waals surface area contributed by atoms with Crippen molar-refractivity contribution in [2.45, 2.75) is 31.2 Å². The maximum Gasteiger partial charge on any atom is 0.244 e. The smallest absolute Gasteiger partial charge is 0.244 e. The minimum atomic E-state index is -3.68. The van der Waals surface area contributed by atoms with Crippen LogP contribution in [0.25, 0.3) is 0 Å². The Bertz CT molecular complexity index is 1370. The molecule has 0 saturated carbocycles. The normalized spacial score (nSPS) is 15.6. The summed E-state index contributed by atoms with van der Waals surface area (Å²) in [6.45, 7) is 7.46. The zero-order chi connectivity index (χ0) is 27.3. The topological polar surface area (TPSA) is 112 Å². The molecule has 1 aromatic heterocycles. The van der Waals surface area contributed by atoms with Gasteiger partial charge in [-0.15, -0.1) is 0 Å². The summed E-state index contributed by atoms with van der Waals surface area (Å²) >= 11 is 6.38. The highest BCUT2D eigenvalue weighted by Gasteiger charge is 2.24. The number of halogens is 1. The number of aromatic nitrogens is 2. The predicted molar refractivity (Wildman–Crippen MR) is 153 cm³/mol. The number of sulfonamides is 1. The molecule has 1 atom stereocenters. The first-order chi connectivity index (χ1) is 18.2. The highest BCUT2D eigenvalue weighted by atomic mass is 35.5. The van der Waals surface area contributed by atoms with E-state index in [4.69, 9.17) is 16.3 Å². The molecule has 0 amide bonds. The molecule has 10 nitrogen and oxygen atoms in total. The van der Waals surface area contributed by atoms with Crippen LogP contribution in [0.4, 0.5) is 28.8 Å². The lowest BCUT2D eigenvalue weighted by molar-refractivity contribution is 0.342. The Morgan fingerprint density at radius 1 is 1.13 bits per heavy atom. The van der Waals surface area contributed by atoms with Crippen LogP contribution >= 0.6 is 11.6 Å². The summed E-state index contributed by atoms with van der Waals surface area (Å²) in [7, 11) is -0.718. The second-order valence-electron chi connectivity index (χ2n) is 9.03. The summed E-state index contributed by atoms with van der Waals surface area (Å²) < 4.78 is 32.7. The van der Waals surface area contributed by atoms with E-state index in [9.17, 15) is 8.42 Å². The van der Waals surface area contributed by atoms with E-state index in [-0.39, 0.29) is 21.7 Å². The number of para-hydroxylation sites is 1. The molecule has 0 aliphatic carbocycles. The maximum atomic E-state index is 12.8. The van der Waals surface area contributed by atoms with Crippen molar-refractivity contribution in [3.8, 4) is 5.75 Å². The van der Waals surface area contributed by atoms with Gasteiger partial charge in [-0.05, 0) is 44.2 Å². The third kappa shape index (κ3) is 6.29. The van der Waals surface area contributed by atoms with Crippen LogP contribution < -0.4 is 25.6 Å². The second kappa shape index (κ2) is 12.2. The van der Waals surface area contributed by atoms with Crippen molar-refractivity contribution >= 4 is 50.5 Å². The molecular weight excluding hydrogens is 526 g/mol. The Hall–Kier alpha value is -3.12. The molecule has 1 fully saturated rings. The molecular formula is C26H34ClN7O3S. The van der Waals surface area contributed by atoms with Gasteiger partial charge in [0.25, 0.3) is 0 Å². The fourth-order valence-electron chi connectivity index (χ4n) is 4.29. The molecule has 2 heterocycles. The van der Waals surface area contributed by atoms with Crippen molar-refractivity contribution in [1.82, 2.24) is 19.6 Å². The Balaban J connectivity index is 1.58. The zero-order valence-corrected chi connectivity index (χ0v) is 23.6. The first-order valence-electron chi connectivity index (χ1n) is 12.6. The van der Waals surface area contributed by atoms with Crippen molar-refractivity contribution < 1.29 is 13.2 Å². The number of anilines is 5. The van der Waals surface area contributed by atoms with Gasteiger partial charge in [0.05, 0.1) is 24.2 Å². The van der Waals surface area contributed by atoms with Crippen LogP contribution in [0.1, 0.15) is 20.3 Å². The second-order valence-corrected chi connectivity index (χ2v) is 11.6. The van der Waals surface area contributed by atoms with Crippen LogP contribution in [-0.4, -0.2) is 69.1 Å². The minimum Gasteiger partial charge on any atom is -0.492 e. The third-order valence-corrected chi connectivity index (χ3v) is 8.35. The third-order valence-electron chi connectivity index (χ3n) is 6.20. The van der Waals surface area contributed by atoms with E-state index in [1.54, 1.807) is 18.2 Å². The first kappa shape index (κ1) is 27.9. The summed E-state index contributed by atoms with van der Waals surface area (Å²) in [6, 6.07) is 13.1. The van der Waals surface area contributed by atoms with E-state index in [1.165, 1.54) is 26.4 Å². The van der Waals surface area contributed by atoms with Gasteiger partial charge in [0.1, 0.15) is 15.7 Å². The van der Waals surface area contributed by atoms with Gasteiger partial charge in [-0.2, -0.15) is 4.98 Å². The molecule has 12 heteroatoms. The largest absolute Gasteiger partial charge is 0.492 e. The molecule has 0 spiro atoms. The standard InChI is InChI=1S/C26H34ClN7O3S/c1-5-28-18-13-14-34(17-18)19-11-12-21(23(15-19)37-6-2)31-26-29-16-20(27)25(32-26)30-22-9-7-8-10-24(22)38(35,36)33(3)4/h7-12,15-16,18,28H,5-6,13-14,17H2,1-4H3,(H2,29,30,31,32)/t18-/m1/s1. The molecule has 38 heavy (non-hydrogen) atoms. The summed E-state index contributed by atoms with van der Waals surface area (Å²) in [5, 5.41) is 10.0. The van der Waals surface area contributed by atoms with Crippen LogP contribution in [0.5, 0.6) is 5.75 Å². The van der Waals surface area contributed by atoms with Crippen molar-refractivity contribution in [1.29, 1.82) is 0 Å². The fourth-order valence-corrected chi connectivity index (χ4v) is 5.47. The number of hydrogen-bond donors (Lipinski definition) is 3. The molecule has 0 bridgehead atoms. The van der Waals surface area contributed by atoms with Gasteiger partial charge < -0.3 is 25.6 Å². The van der Waals surface area contributed by atoms with Gasteiger partial charge in [-0.3, -0.25) is 0 Å². The molecule has 1 aliphatic rings. The molecule has 204 valence electrons. The van der Waals surface area contributed by atoms with Gasteiger partial charge in [-0.25, -0.2) is 17.7 Å². The highest BCUT2D eigenvalue weighted by molar-refractivity contribution is 7.89. The van der Waals surface area contributed by atoms with E-state index in [0.29, 0.717) is 29.8 Å². The van der Waals surface area contributed by atoms with Crippen LogP contribution in [0, 0.1) is 0 Å². The van der Waals surface area contributed by atoms with Gasteiger partial charge in [0.15, 0.2) is 5.82 Å². The molecule has 3 N–H and O–H groups in total. The van der Waals surface area contributed by atoms with Crippen molar-refractivity contribution in [3.05, 3.63) is 53.7 Å². The van der Waals surface area contributed by atoms with Gasteiger partial charge in [-0.1, -0.05) is 30.7 Å². The molecule has 4 rings (SSSR count). The monoisotopic (exact) mass is 559 g/mol. The van der Waals surface area contributed by atoms with E-state index in [0.717, 1.165) is 36.0 Å². The van der Waals surface area contributed by atoms with E-state index >= 15 is 0 Å². The molecule has 0 unspecified atom stereocenters. The molecule has 3 aromatic rings. The van der Waals surface area contributed by atoms with Crippen LogP contribution in [0.15, 0.2) is 53.6 Å². The zero-order valence-electron chi connectivity index (χ0n) is 22.0. The van der Waals surface area contributed by atoms with Crippen molar-refractivity contribution in [3.63, 3.8) is 0 Å². The van der Waals surface area contributed by atoms with E-state index < -0.39 is 10.0 Å².